The molecule has 0 unspecified atom stereocenters. The standard InChI is InChI=1S/C15H19N5O2/c1-3-19-7-11(6-16-19)13-12(8-18(2)17-13)14(21)20-5-4-15(20)9-22-10-15/h6-8H,3-5,9-10H2,1-2H3. The minimum atomic E-state index is -0.0577. The molecule has 0 saturated carbocycles. The Labute approximate surface area is 128 Å². The molecule has 116 valence electrons. The van der Waals surface area contributed by atoms with E-state index in [1.54, 1.807) is 17.1 Å². The molecule has 0 radical (unpaired) electrons. The summed E-state index contributed by atoms with van der Waals surface area (Å²) in [6.07, 6.45) is 6.52. The van der Waals surface area contributed by atoms with E-state index in [-0.39, 0.29) is 11.4 Å². The maximum atomic E-state index is 12.9. The summed E-state index contributed by atoms with van der Waals surface area (Å²) in [5.74, 6) is 0.0434. The molecular formula is C15H19N5O2. The predicted molar refractivity (Wildman–Crippen MR) is 79.3 cm³/mol. The van der Waals surface area contributed by atoms with Crippen LogP contribution in [-0.4, -0.2) is 55.7 Å². The number of aromatic nitrogens is 4. The van der Waals surface area contributed by atoms with Crippen LogP contribution in [0.4, 0.5) is 0 Å². The van der Waals surface area contributed by atoms with Crippen LogP contribution in [0.15, 0.2) is 18.6 Å². The van der Waals surface area contributed by atoms with E-state index in [9.17, 15) is 4.79 Å². The molecule has 4 rings (SSSR count). The van der Waals surface area contributed by atoms with Crippen molar-refractivity contribution in [3.63, 3.8) is 0 Å². The number of rotatable bonds is 3. The van der Waals surface area contributed by atoms with Crippen molar-refractivity contribution in [3.8, 4) is 11.3 Å². The van der Waals surface area contributed by atoms with Gasteiger partial charge in [0.05, 0.1) is 30.5 Å². The van der Waals surface area contributed by atoms with E-state index in [1.165, 1.54) is 0 Å². The molecule has 1 spiro atoms. The number of likely N-dealkylation sites (tertiary alicyclic amines) is 1. The summed E-state index contributed by atoms with van der Waals surface area (Å²) in [6.45, 7) is 4.93. The molecule has 4 heterocycles. The van der Waals surface area contributed by atoms with Crippen molar-refractivity contribution in [1.82, 2.24) is 24.5 Å². The highest BCUT2D eigenvalue weighted by atomic mass is 16.5. The van der Waals surface area contributed by atoms with Gasteiger partial charge in [-0.3, -0.25) is 14.2 Å². The van der Waals surface area contributed by atoms with E-state index in [0.717, 1.165) is 25.1 Å². The number of amides is 1. The van der Waals surface area contributed by atoms with E-state index in [4.69, 9.17) is 4.74 Å². The number of ether oxygens (including phenoxy) is 1. The van der Waals surface area contributed by atoms with Gasteiger partial charge in [-0.2, -0.15) is 10.2 Å². The van der Waals surface area contributed by atoms with Gasteiger partial charge in [0, 0.05) is 38.1 Å². The first kappa shape index (κ1) is 13.5. The van der Waals surface area contributed by atoms with Crippen LogP contribution >= 0.6 is 0 Å². The third-order valence-corrected chi connectivity index (χ3v) is 4.65. The highest BCUT2D eigenvalue weighted by Crippen LogP contribution is 2.39. The number of aryl methyl sites for hydroxylation is 2. The van der Waals surface area contributed by atoms with Gasteiger partial charge in [0.1, 0.15) is 5.69 Å². The molecule has 2 saturated heterocycles. The number of carbonyl (C=O) groups is 1. The zero-order valence-corrected chi connectivity index (χ0v) is 12.8. The lowest BCUT2D eigenvalue weighted by Crippen LogP contribution is -2.72. The van der Waals surface area contributed by atoms with E-state index in [0.29, 0.717) is 24.5 Å². The molecule has 0 aliphatic carbocycles. The van der Waals surface area contributed by atoms with Crippen LogP contribution in [0.3, 0.4) is 0 Å². The Morgan fingerprint density at radius 3 is 2.77 bits per heavy atom. The Bertz CT molecular complexity index is 723. The van der Waals surface area contributed by atoms with Gasteiger partial charge in [-0.25, -0.2) is 0 Å². The zero-order valence-electron chi connectivity index (χ0n) is 12.8. The smallest absolute Gasteiger partial charge is 0.258 e. The van der Waals surface area contributed by atoms with Crippen molar-refractivity contribution in [3.05, 3.63) is 24.2 Å². The van der Waals surface area contributed by atoms with Gasteiger partial charge in [-0.1, -0.05) is 0 Å². The molecule has 2 aromatic rings. The van der Waals surface area contributed by atoms with Crippen LogP contribution in [-0.2, 0) is 18.3 Å². The first-order valence-corrected chi connectivity index (χ1v) is 7.59. The van der Waals surface area contributed by atoms with Gasteiger partial charge >= 0.3 is 0 Å². The van der Waals surface area contributed by atoms with Crippen LogP contribution in [0.25, 0.3) is 11.3 Å². The fourth-order valence-corrected chi connectivity index (χ4v) is 3.16. The Hall–Kier alpha value is -2.15. The van der Waals surface area contributed by atoms with Gasteiger partial charge in [0.25, 0.3) is 5.91 Å². The van der Waals surface area contributed by atoms with Crippen LogP contribution < -0.4 is 0 Å². The lowest BCUT2D eigenvalue weighted by Gasteiger charge is -2.57. The first-order valence-electron chi connectivity index (χ1n) is 7.59. The zero-order chi connectivity index (χ0) is 15.3. The molecule has 1 amide bonds. The van der Waals surface area contributed by atoms with Crippen LogP contribution in [0.1, 0.15) is 23.7 Å². The van der Waals surface area contributed by atoms with Gasteiger partial charge in [-0.15, -0.1) is 0 Å². The second-order valence-electron chi connectivity index (χ2n) is 6.07. The molecule has 7 nitrogen and oxygen atoms in total. The summed E-state index contributed by atoms with van der Waals surface area (Å²) < 4.78 is 8.83. The van der Waals surface area contributed by atoms with Crippen LogP contribution in [0.5, 0.6) is 0 Å². The van der Waals surface area contributed by atoms with Gasteiger partial charge in [0.15, 0.2) is 0 Å². The predicted octanol–water partition coefficient (Wildman–Crippen LogP) is 0.918. The van der Waals surface area contributed by atoms with Crippen molar-refractivity contribution < 1.29 is 9.53 Å². The number of carbonyl (C=O) groups excluding carboxylic acids is 1. The SMILES string of the molecule is CCn1cc(-c2nn(C)cc2C(=O)N2CCC23COC3)cn1. The second-order valence-corrected chi connectivity index (χ2v) is 6.07. The summed E-state index contributed by atoms with van der Waals surface area (Å²) in [6, 6.07) is 0. The third kappa shape index (κ3) is 1.81. The maximum Gasteiger partial charge on any atom is 0.258 e. The molecule has 0 bridgehead atoms. The summed E-state index contributed by atoms with van der Waals surface area (Å²) in [5.41, 5.74) is 2.17. The summed E-state index contributed by atoms with van der Waals surface area (Å²) in [4.78, 5) is 14.8. The van der Waals surface area contributed by atoms with Gasteiger partial charge < -0.3 is 9.64 Å². The normalized spacial score (nSPS) is 19.1. The molecule has 0 aromatic carbocycles. The van der Waals surface area contributed by atoms with E-state index in [1.807, 2.05) is 29.7 Å². The molecule has 2 aliphatic rings. The molecule has 2 aliphatic heterocycles. The van der Waals surface area contributed by atoms with Crippen LogP contribution in [0, 0.1) is 0 Å². The summed E-state index contributed by atoms with van der Waals surface area (Å²) >= 11 is 0. The number of hydrogen-bond acceptors (Lipinski definition) is 4. The fraction of sp³-hybridized carbons (Fsp3) is 0.533. The minimum Gasteiger partial charge on any atom is -0.376 e. The minimum absolute atomic E-state index is 0.0434. The van der Waals surface area contributed by atoms with Crippen LogP contribution in [0.2, 0.25) is 0 Å². The second kappa shape index (κ2) is 4.67. The average molecular weight is 301 g/mol. The van der Waals surface area contributed by atoms with Gasteiger partial charge in [-0.05, 0) is 13.3 Å². The van der Waals surface area contributed by atoms with Crippen molar-refractivity contribution in [2.45, 2.75) is 25.4 Å². The Morgan fingerprint density at radius 1 is 1.41 bits per heavy atom. The molecule has 22 heavy (non-hydrogen) atoms. The molecule has 2 fully saturated rings. The Kier molecular flexibility index (Phi) is 2.87. The van der Waals surface area contributed by atoms with E-state index >= 15 is 0 Å². The highest BCUT2D eigenvalue weighted by Gasteiger charge is 2.53. The quantitative estimate of drug-likeness (QED) is 0.845. The monoisotopic (exact) mass is 301 g/mol. The fourth-order valence-electron chi connectivity index (χ4n) is 3.16. The summed E-state index contributed by atoms with van der Waals surface area (Å²) in [7, 11) is 1.84. The number of hydrogen-bond donors (Lipinski definition) is 0. The lowest BCUT2D eigenvalue weighted by molar-refractivity contribution is -0.172. The highest BCUT2D eigenvalue weighted by molar-refractivity contribution is 6.00. The van der Waals surface area contributed by atoms with Crippen molar-refractivity contribution in [2.24, 2.45) is 7.05 Å². The molecule has 7 heteroatoms. The lowest BCUT2D eigenvalue weighted by atomic mass is 9.82. The van der Waals surface area contributed by atoms with Crippen molar-refractivity contribution in [1.29, 1.82) is 0 Å². The topological polar surface area (TPSA) is 65.2 Å². The number of nitrogens with zero attached hydrogens (tertiary/aromatic N) is 5. The van der Waals surface area contributed by atoms with Crippen molar-refractivity contribution in [2.75, 3.05) is 19.8 Å². The first-order chi connectivity index (χ1) is 10.6. The molecular weight excluding hydrogens is 282 g/mol. The molecule has 0 N–H and O–H groups in total. The average Bonchev–Trinajstić information content (AvgIpc) is 3.01. The van der Waals surface area contributed by atoms with E-state index < -0.39 is 0 Å². The van der Waals surface area contributed by atoms with E-state index in [2.05, 4.69) is 10.2 Å². The Balaban J connectivity index is 1.68. The summed E-state index contributed by atoms with van der Waals surface area (Å²) in [5, 5.41) is 8.74. The largest absolute Gasteiger partial charge is 0.376 e. The van der Waals surface area contributed by atoms with Gasteiger partial charge in [0.2, 0.25) is 0 Å². The Morgan fingerprint density at radius 2 is 2.23 bits per heavy atom. The molecule has 0 atom stereocenters. The third-order valence-electron chi connectivity index (χ3n) is 4.65. The van der Waals surface area contributed by atoms with Crippen molar-refractivity contribution >= 4 is 5.91 Å². The molecule has 2 aromatic heterocycles. The maximum absolute atomic E-state index is 12.9.